The second kappa shape index (κ2) is 3.93. The van der Waals surface area contributed by atoms with Gasteiger partial charge in [0.2, 0.25) is 0 Å². The normalized spacial score (nSPS) is 21.9. The Morgan fingerprint density at radius 2 is 2.07 bits per heavy atom. The lowest BCUT2D eigenvalue weighted by atomic mass is 9.91. The van der Waals surface area contributed by atoms with Crippen molar-refractivity contribution in [2.45, 2.75) is 25.3 Å². The van der Waals surface area contributed by atoms with Crippen molar-refractivity contribution in [2.75, 3.05) is 0 Å². The number of benzene rings is 1. The van der Waals surface area contributed by atoms with E-state index in [1.165, 1.54) is 6.07 Å². The molecular formula is C12H14FN. The van der Waals surface area contributed by atoms with Gasteiger partial charge >= 0.3 is 0 Å². The fourth-order valence-corrected chi connectivity index (χ4v) is 1.90. The molecule has 0 bridgehead atoms. The Morgan fingerprint density at radius 1 is 1.29 bits per heavy atom. The van der Waals surface area contributed by atoms with Gasteiger partial charge in [-0.2, -0.15) is 0 Å². The fourth-order valence-electron chi connectivity index (χ4n) is 1.90. The predicted molar refractivity (Wildman–Crippen MR) is 56.2 cm³/mol. The van der Waals surface area contributed by atoms with Gasteiger partial charge in [0.25, 0.3) is 0 Å². The molecule has 1 atom stereocenters. The molecule has 0 fully saturated rings. The predicted octanol–water partition coefficient (Wildman–Crippen LogP) is 2.72. The molecule has 0 saturated heterocycles. The zero-order valence-corrected chi connectivity index (χ0v) is 8.04. The highest BCUT2D eigenvalue weighted by Gasteiger charge is 2.13. The van der Waals surface area contributed by atoms with Crippen LogP contribution < -0.4 is 5.73 Å². The lowest BCUT2D eigenvalue weighted by Gasteiger charge is -2.18. The van der Waals surface area contributed by atoms with Gasteiger partial charge in [-0.3, -0.25) is 0 Å². The Morgan fingerprint density at radius 3 is 2.79 bits per heavy atom. The molecule has 0 aromatic heterocycles. The van der Waals surface area contributed by atoms with Crippen molar-refractivity contribution in [3.8, 4) is 0 Å². The van der Waals surface area contributed by atoms with Crippen LogP contribution in [0.4, 0.5) is 4.39 Å². The van der Waals surface area contributed by atoms with Crippen molar-refractivity contribution in [1.29, 1.82) is 0 Å². The number of hydrogen-bond donors (Lipinski definition) is 1. The molecule has 2 N–H and O–H groups in total. The average molecular weight is 191 g/mol. The van der Waals surface area contributed by atoms with Crippen molar-refractivity contribution in [3.05, 3.63) is 41.7 Å². The summed E-state index contributed by atoms with van der Waals surface area (Å²) >= 11 is 0. The maximum atomic E-state index is 13.4. The van der Waals surface area contributed by atoms with Crippen LogP contribution in [0.5, 0.6) is 0 Å². The van der Waals surface area contributed by atoms with Gasteiger partial charge in [-0.15, -0.1) is 0 Å². The first-order valence-corrected chi connectivity index (χ1v) is 4.98. The zero-order valence-electron chi connectivity index (χ0n) is 8.04. The van der Waals surface area contributed by atoms with E-state index in [0.717, 1.165) is 24.8 Å². The molecule has 74 valence electrons. The highest BCUT2D eigenvalue weighted by Crippen LogP contribution is 2.27. The van der Waals surface area contributed by atoms with Gasteiger partial charge in [-0.05, 0) is 30.9 Å². The Kier molecular flexibility index (Phi) is 2.64. The van der Waals surface area contributed by atoms with E-state index in [0.29, 0.717) is 5.56 Å². The molecule has 0 spiro atoms. The van der Waals surface area contributed by atoms with Crippen molar-refractivity contribution >= 4 is 5.57 Å². The summed E-state index contributed by atoms with van der Waals surface area (Å²) in [7, 11) is 0. The molecule has 2 heteroatoms. The quantitative estimate of drug-likeness (QED) is 0.725. The minimum atomic E-state index is -0.146. The van der Waals surface area contributed by atoms with Gasteiger partial charge in [0.05, 0.1) is 0 Å². The van der Waals surface area contributed by atoms with E-state index < -0.39 is 0 Å². The Labute approximate surface area is 83.4 Å². The van der Waals surface area contributed by atoms with Crippen molar-refractivity contribution in [2.24, 2.45) is 5.73 Å². The van der Waals surface area contributed by atoms with Gasteiger partial charge in [-0.1, -0.05) is 24.3 Å². The molecule has 0 radical (unpaired) electrons. The molecule has 1 aromatic carbocycles. The molecule has 1 nitrogen and oxygen atoms in total. The monoisotopic (exact) mass is 191 g/mol. The van der Waals surface area contributed by atoms with Crippen LogP contribution in [0.15, 0.2) is 30.3 Å². The first-order chi connectivity index (χ1) is 6.77. The first kappa shape index (κ1) is 9.41. The number of allylic oxidation sites excluding steroid dienone is 1. The summed E-state index contributed by atoms with van der Waals surface area (Å²) in [6.45, 7) is 0. The van der Waals surface area contributed by atoms with E-state index >= 15 is 0 Å². The van der Waals surface area contributed by atoms with Gasteiger partial charge in [0.15, 0.2) is 0 Å². The van der Waals surface area contributed by atoms with E-state index in [1.807, 2.05) is 18.2 Å². The minimum Gasteiger partial charge on any atom is -0.324 e. The summed E-state index contributed by atoms with van der Waals surface area (Å²) < 4.78 is 13.4. The summed E-state index contributed by atoms with van der Waals surface area (Å²) in [6.07, 6.45) is 5.00. The van der Waals surface area contributed by atoms with Crippen molar-refractivity contribution in [1.82, 2.24) is 0 Å². The summed E-state index contributed by atoms with van der Waals surface area (Å²) in [6, 6.07) is 6.98. The summed E-state index contributed by atoms with van der Waals surface area (Å²) in [5, 5.41) is 0. The summed E-state index contributed by atoms with van der Waals surface area (Å²) in [5.41, 5.74) is 7.58. The van der Waals surface area contributed by atoms with Crippen molar-refractivity contribution < 1.29 is 4.39 Å². The van der Waals surface area contributed by atoms with E-state index in [9.17, 15) is 4.39 Å². The van der Waals surface area contributed by atoms with Gasteiger partial charge in [0, 0.05) is 11.6 Å². The zero-order chi connectivity index (χ0) is 9.97. The van der Waals surface area contributed by atoms with Crippen LogP contribution in [-0.4, -0.2) is 6.04 Å². The van der Waals surface area contributed by atoms with E-state index in [4.69, 9.17) is 5.73 Å². The maximum Gasteiger partial charge on any atom is 0.130 e. The van der Waals surface area contributed by atoms with Crippen LogP contribution >= 0.6 is 0 Å². The minimum absolute atomic E-state index is 0.0957. The number of hydrogen-bond acceptors (Lipinski definition) is 1. The maximum absolute atomic E-state index is 13.4. The van der Waals surface area contributed by atoms with E-state index in [1.54, 1.807) is 6.07 Å². The topological polar surface area (TPSA) is 26.0 Å². The third-order valence-electron chi connectivity index (χ3n) is 2.62. The molecule has 0 saturated carbocycles. The fraction of sp³-hybridized carbons (Fsp3) is 0.333. The van der Waals surface area contributed by atoms with Gasteiger partial charge < -0.3 is 5.73 Å². The third kappa shape index (κ3) is 1.85. The number of nitrogens with two attached hydrogens (primary N) is 1. The largest absolute Gasteiger partial charge is 0.324 e. The lowest BCUT2D eigenvalue weighted by Crippen LogP contribution is -2.20. The second-order valence-electron chi connectivity index (χ2n) is 3.73. The van der Waals surface area contributed by atoms with Gasteiger partial charge in [-0.25, -0.2) is 4.39 Å². The molecule has 1 aromatic rings. The average Bonchev–Trinajstić information content (AvgIpc) is 2.18. The molecule has 0 aliphatic heterocycles. The summed E-state index contributed by atoms with van der Waals surface area (Å²) in [5.74, 6) is -0.146. The van der Waals surface area contributed by atoms with Crippen LogP contribution in [0, 0.1) is 5.82 Å². The van der Waals surface area contributed by atoms with Crippen LogP contribution in [-0.2, 0) is 0 Å². The first-order valence-electron chi connectivity index (χ1n) is 4.98. The highest BCUT2D eigenvalue weighted by atomic mass is 19.1. The van der Waals surface area contributed by atoms with Crippen LogP contribution in [0.25, 0.3) is 5.57 Å². The molecule has 0 heterocycles. The molecule has 1 aliphatic carbocycles. The van der Waals surface area contributed by atoms with Crippen LogP contribution in [0.2, 0.25) is 0 Å². The highest BCUT2D eigenvalue weighted by molar-refractivity contribution is 5.67. The Bertz CT molecular complexity index is 357. The molecule has 2 rings (SSSR count). The number of rotatable bonds is 1. The SMILES string of the molecule is NC1C=C(c2ccccc2F)CCC1. The second-order valence-corrected chi connectivity index (χ2v) is 3.73. The standard InChI is InChI=1S/C12H14FN/c13-12-7-2-1-6-11(12)9-4-3-5-10(14)8-9/h1-2,6-8,10H,3-5,14H2. The molecular weight excluding hydrogens is 177 g/mol. The summed E-state index contributed by atoms with van der Waals surface area (Å²) in [4.78, 5) is 0. The Balaban J connectivity index is 2.35. The lowest BCUT2D eigenvalue weighted by molar-refractivity contribution is 0.615. The van der Waals surface area contributed by atoms with Gasteiger partial charge in [0.1, 0.15) is 5.82 Å². The van der Waals surface area contributed by atoms with E-state index in [2.05, 4.69) is 0 Å². The van der Waals surface area contributed by atoms with E-state index in [-0.39, 0.29) is 11.9 Å². The molecule has 1 unspecified atom stereocenters. The smallest absolute Gasteiger partial charge is 0.130 e. The third-order valence-corrected chi connectivity index (χ3v) is 2.62. The Hall–Kier alpha value is -1.15. The van der Waals surface area contributed by atoms with Crippen LogP contribution in [0.3, 0.4) is 0 Å². The van der Waals surface area contributed by atoms with Crippen molar-refractivity contribution in [3.63, 3.8) is 0 Å². The molecule has 1 aliphatic rings. The van der Waals surface area contributed by atoms with Crippen LogP contribution in [0.1, 0.15) is 24.8 Å². The number of halogens is 1. The molecule has 0 amide bonds. The molecule has 14 heavy (non-hydrogen) atoms.